The standard InChI is InChI=1S/C23H29Cl2N3O4S/c1-15(2)26-23(30)17(4)27(13-18-8-6-16(3)7-9-18)22(29)14-28(33(5,31)32)19-10-11-20(24)21(25)12-19/h6-12,15,17H,13-14H2,1-5H3,(H,26,30)/t17-/m0/s1. The zero-order chi connectivity index (χ0) is 24.9. The minimum atomic E-state index is -3.84. The maximum atomic E-state index is 13.4. The number of rotatable bonds is 9. The van der Waals surface area contributed by atoms with Gasteiger partial charge in [0.15, 0.2) is 0 Å². The summed E-state index contributed by atoms with van der Waals surface area (Å²) in [6.07, 6.45) is 1.00. The molecule has 10 heteroatoms. The molecule has 0 aliphatic rings. The first kappa shape index (κ1) is 27.0. The van der Waals surface area contributed by atoms with Crippen LogP contribution in [0.4, 0.5) is 5.69 Å². The number of hydrogen-bond acceptors (Lipinski definition) is 4. The molecular weight excluding hydrogens is 485 g/mol. The van der Waals surface area contributed by atoms with Crippen LogP contribution < -0.4 is 9.62 Å². The largest absolute Gasteiger partial charge is 0.352 e. The van der Waals surface area contributed by atoms with Gasteiger partial charge in [0.1, 0.15) is 12.6 Å². The van der Waals surface area contributed by atoms with Crippen molar-refractivity contribution in [3.63, 3.8) is 0 Å². The predicted octanol–water partition coefficient (Wildman–Crippen LogP) is 4.01. The zero-order valence-electron chi connectivity index (χ0n) is 19.3. The van der Waals surface area contributed by atoms with Crippen LogP contribution in [0.3, 0.4) is 0 Å². The molecule has 2 aromatic rings. The second-order valence-electron chi connectivity index (χ2n) is 8.21. The maximum Gasteiger partial charge on any atom is 0.244 e. The topological polar surface area (TPSA) is 86.8 Å². The van der Waals surface area contributed by atoms with E-state index in [9.17, 15) is 18.0 Å². The molecule has 2 rings (SSSR count). The van der Waals surface area contributed by atoms with E-state index >= 15 is 0 Å². The Kier molecular flexibility index (Phi) is 9.17. The lowest BCUT2D eigenvalue weighted by Gasteiger charge is -2.32. The first-order valence-corrected chi connectivity index (χ1v) is 13.0. The Morgan fingerprint density at radius 1 is 1.00 bits per heavy atom. The van der Waals surface area contributed by atoms with E-state index in [1.807, 2.05) is 45.0 Å². The molecule has 2 amide bonds. The summed E-state index contributed by atoms with van der Waals surface area (Å²) in [5.74, 6) is -0.857. The molecule has 0 heterocycles. The summed E-state index contributed by atoms with van der Waals surface area (Å²) < 4.78 is 26.0. The van der Waals surface area contributed by atoms with Gasteiger partial charge in [-0.15, -0.1) is 0 Å². The Balaban J connectivity index is 2.40. The van der Waals surface area contributed by atoms with Gasteiger partial charge in [-0.1, -0.05) is 53.0 Å². The number of benzene rings is 2. The van der Waals surface area contributed by atoms with Crippen LogP contribution in [-0.2, 0) is 26.2 Å². The SMILES string of the molecule is Cc1ccc(CN(C(=O)CN(c2ccc(Cl)c(Cl)c2)S(C)(=O)=O)[C@@H](C)C(=O)NC(C)C)cc1. The van der Waals surface area contributed by atoms with E-state index < -0.39 is 28.5 Å². The van der Waals surface area contributed by atoms with Gasteiger partial charge < -0.3 is 10.2 Å². The number of halogens is 2. The van der Waals surface area contributed by atoms with Gasteiger partial charge in [-0.3, -0.25) is 13.9 Å². The van der Waals surface area contributed by atoms with Gasteiger partial charge in [-0.05, 0) is 51.5 Å². The second kappa shape index (κ2) is 11.2. The van der Waals surface area contributed by atoms with Crippen LogP contribution in [0, 0.1) is 6.92 Å². The van der Waals surface area contributed by atoms with Gasteiger partial charge in [0.25, 0.3) is 0 Å². The average Bonchev–Trinajstić information content (AvgIpc) is 2.71. The molecule has 0 saturated carbocycles. The molecule has 0 aliphatic heterocycles. The van der Waals surface area contributed by atoms with Gasteiger partial charge in [0.05, 0.1) is 22.0 Å². The van der Waals surface area contributed by atoms with Crippen molar-refractivity contribution in [1.82, 2.24) is 10.2 Å². The van der Waals surface area contributed by atoms with E-state index in [2.05, 4.69) is 5.32 Å². The highest BCUT2D eigenvalue weighted by molar-refractivity contribution is 7.92. The highest BCUT2D eigenvalue weighted by atomic mass is 35.5. The second-order valence-corrected chi connectivity index (χ2v) is 10.9. The Bertz CT molecular complexity index is 1110. The van der Waals surface area contributed by atoms with Crippen molar-refractivity contribution in [3.8, 4) is 0 Å². The smallest absolute Gasteiger partial charge is 0.244 e. The molecular formula is C23H29Cl2N3O4S. The third-order valence-corrected chi connectivity index (χ3v) is 6.82. The summed E-state index contributed by atoms with van der Waals surface area (Å²) in [4.78, 5) is 27.5. The van der Waals surface area contributed by atoms with Crippen LogP contribution in [0.15, 0.2) is 42.5 Å². The molecule has 1 N–H and O–H groups in total. The number of carbonyl (C=O) groups excluding carboxylic acids is 2. The van der Waals surface area contributed by atoms with Crippen molar-refractivity contribution in [2.75, 3.05) is 17.1 Å². The van der Waals surface area contributed by atoms with E-state index in [0.717, 1.165) is 21.7 Å². The predicted molar refractivity (Wildman–Crippen MR) is 133 cm³/mol. The molecule has 33 heavy (non-hydrogen) atoms. The maximum absolute atomic E-state index is 13.4. The quantitative estimate of drug-likeness (QED) is 0.548. The third kappa shape index (κ3) is 7.62. The highest BCUT2D eigenvalue weighted by Gasteiger charge is 2.30. The monoisotopic (exact) mass is 513 g/mol. The summed E-state index contributed by atoms with van der Waals surface area (Å²) in [6, 6.07) is 11.0. The first-order chi connectivity index (χ1) is 15.3. The summed E-state index contributed by atoms with van der Waals surface area (Å²) >= 11 is 12.0. The van der Waals surface area contributed by atoms with Crippen LogP contribution in [0.2, 0.25) is 10.0 Å². The van der Waals surface area contributed by atoms with E-state index in [0.29, 0.717) is 0 Å². The highest BCUT2D eigenvalue weighted by Crippen LogP contribution is 2.28. The van der Waals surface area contributed by atoms with Gasteiger partial charge in [-0.2, -0.15) is 0 Å². The number of amides is 2. The van der Waals surface area contributed by atoms with Crippen molar-refractivity contribution < 1.29 is 18.0 Å². The Hall–Kier alpha value is -2.29. The fraction of sp³-hybridized carbons (Fsp3) is 0.391. The lowest BCUT2D eigenvalue weighted by molar-refractivity contribution is -0.139. The molecule has 0 saturated heterocycles. The fourth-order valence-corrected chi connectivity index (χ4v) is 4.27. The number of nitrogens with zero attached hydrogens (tertiary/aromatic N) is 2. The molecule has 1 atom stereocenters. The lowest BCUT2D eigenvalue weighted by atomic mass is 10.1. The number of aryl methyl sites for hydroxylation is 1. The zero-order valence-corrected chi connectivity index (χ0v) is 21.6. The Labute approximate surface area is 205 Å². The summed E-state index contributed by atoms with van der Waals surface area (Å²) in [7, 11) is -3.84. The minimum Gasteiger partial charge on any atom is -0.352 e. The van der Waals surface area contributed by atoms with E-state index in [4.69, 9.17) is 23.2 Å². The number of carbonyl (C=O) groups is 2. The molecule has 0 fully saturated rings. The van der Waals surface area contributed by atoms with Crippen molar-refractivity contribution >= 4 is 50.7 Å². The molecule has 0 aliphatic carbocycles. The van der Waals surface area contributed by atoms with Crippen LogP contribution in [0.25, 0.3) is 0 Å². The number of nitrogens with one attached hydrogen (secondary N) is 1. The van der Waals surface area contributed by atoms with Gasteiger partial charge in [0.2, 0.25) is 21.8 Å². The van der Waals surface area contributed by atoms with Crippen LogP contribution in [0.1, 0.15) is 31.9 Å². The van der Waals surface area contributed by atoms with Crippen LogP contribution in [-0.4, -0.2) is 50.0 Å². The molecule has 0 aromatic heterocycles. The van der Waals surface area contributed by atoms with Gasteiger partial charge in [-0.25, -0.2) is 8.42 Å². The normalized spacial score (nSPS) is 12.4. The molecule has 0 spiro atoms. The molecule has 0 radical (unpaired) electrons. The average molecular weight is 514 g/mol. The van der Waals surface area contributed by atoms with E-state index in [1.165, 1.54) is 23.1 Å². The third-order valence-electron chi connectivity index (χ3n) is 4.94. The summed E-state index contributed by atoms with van der Waals surface area (Å²) in [5.41, 5.74) is 2.08. The number of sulfonamides is 1. The van der Waals surface area contributed by atoms with Crippen molar-refractivity contribution in [2.45, 2.75) is 46.3 Å². The molecule has 0 unspecified atom stereocenters. The fourth-order valence-electron chi connectivity index (χ4n) is 3.13. The lowest BCUT2D eigenvalue weighted by Crippen LogP contribution is -2.52. The Morgan fingerprint density at radius 2 is 1.61 bits per heavy atom. The summed E-state index contributed by atoms with van der Waals surface area (Å²) in [5, 5.41) is 3.23. The van der Waals surface area contributed by atoms with Crippen molar-refractivity contribution in [2.24, 2.45) is 0 Å². The molecule has 2 aromatic carbocycles. The van der Waals surface area contributed by atoms with Gasteiger partial charge in [0, 0.05) is 12.6 Å². The number of hydrogen-bond donors (Lipinski definition) is 1. The molecule has 0 bridgehead atoms. The van der Waals surface area contributed by atoms with Crippen molar-refractivity contribution in [3.05, 3.63) is 63.6 Å². The van der Waals surface area contributed by atoms with E-state index in [-0.39, 0.29) is 34.2 Å². The van der Waals surface area contributed by atoms with Crippen molar-refractivity contribution in [1.29, 1.82) is 0 Å². The Morgan fingerprint density at radius 3 is 2.12 bits per heavy atom. The van der Waals surface area contributed by atoms with Crippen LogP contribution in [0.5, 0.6) is 0 Å². The molecule has 180 valence electrons. The first-order valence-electron chi connectivity index (χ1n) is 10.4. The van der Waals surface area contributed by atoms with Crippen LogP contribution >= 0.6 is 23.2 Å². The van der Waals surface area contributed by atoms with Gasteiger partial charge >= 0.3 is 0 Å². The molecule has 7 nitrogen and oxygen atoms in total. The summed E-state index contributed by atoms with van der Waals surface area (Å²) in [6.45, 7) is 6.87. The minimum absolute atomic E-state index is 0.111. The number of anilines is 1. The van der Waals surface area contributed by atoms with E-state index in [1.54, 1.807) is 6.92 Å².